The predicted molar refractivity (Wildman–Crippen MR) is 106 cm³/mol. The summed E-state index contributed by atoms with van der Waals surface area (Å²) in [6, 6.07) is 12.6. The van der Waals surface area contributed by atoms with Crippen molar-refractivity contribution < 1.29 is 14.4 Å². The van der Waals surface area contributed by atoms with Crippen molar-refractivity contribution >= 4 is 39.3 Å². The van der Waals surface area contributed by atoms with E-state index in [2.05, 4.69) is 26.8 Å². The van der Waals surface area contributed by atoms with Crippen LogP contribution in [0.4, 0.5) is 5.69 Å². The first-order valence-corrected chi connectivity index (χ1v) is 9.38. The second-order valence-corrected chi connectivity index (χ2v) is 7.51. The number of aryl methyl sites for hydroxylation is 2. The van der Waals surface area contributed by atoms with Crippen LogP contribution in [0.1, 0.15) is 27.9 Å². The van der Waals surface area contributed by atoms with Gasteiger partial charge >= 0.3 is 0 Å². The number of hydrazine groups is 1. The number of halogens is 1. The van der Waals surface area contributed by atoms with Gasteiger partial charge in [0.2, 0.25) is 11.8 Å². The van der Waals surface area contributed by atoms with E-state index in [1.807, 2.05) is 32.0 Å². The first kappa shape index (κ1) is 19.1. The SMILES string of the molecule is Cc1cccc(C)c1N1C[C@@H](C(=O)NNC(=O)c2ccc(Br)cc2)CC1=O. The van der Waals surface area contributed by atoms with Gasteiger partial charge in [-0.1, -0.05) is 34.1 Å². The molecule has 3 amide bonds. The molecule has 6 nitrogen and oxygen atoms in total. The Hall–Kier alpha value is -2.67. The van der Waals surface area contributed by atoms with E-state index in [4.69, 9.17) is 0 Å². The third-order valence-electron chi connectivity index (χ3n) is 4.61. The van der Waals surface area contributed by atoms with E-state index in [-0.39, 0.29) is 18.2 Å². The minimum Gasteiger partial charge on any atom is -0.311 e. The number of benzene rings is 2. The Kier molecular flexibility index (Phi) is 5.60. The van der Waals surface area contributed by atoms with Crippen molar-refractivity contribution in [1.29, 1.82) is 0 Å². The molecule has 0 saturated carbocycles. The Morgan fingerprint density at radius 2 is 1.67 bits per heavy atom. The van der Waals surface area contributed by atoms with Gasteiger partial charge in [0.05, 0.1) is 5.92 Å². The molecule has 27 heavy (non-hydrogen) atoms. The highest BCUT2D eigenvalue weighted by Crippen LogP contribution is 2.30. The molecule has 2 N–H and O–H groups in total. The van der Waals surface area contributed by atoms with Crippen LogP contribution in [-0.2, 0) is 9.59 Å². The molecule has 0 spiro atoms. The fourth-order valence-electron chi connectivity index (χ4n) is 3.22. The Morgan fingerprint density at radius 3 is 2.30 bits per heavy atom. The van der Waals surface area contributed by atoms with Crippen LogP contribution in [0.25, 0.3) is 0 Å². The second kappa shape index (κ2) is 7.92. The summed E-state index contributed by atoms with van der Waals surface area (Å²) in [6.07, 6.45) is 0.119. The smallest absolute Gasteiger partial charge is 0.269 e. The zero-order valence-electron chi connectivity index (χ0n) is 15.1. The van der Waals surface area contributed by atoms with Crippen molar-refractivity contribution in [2.24, 2.45) is 5.92 Å². The molecular formula is C20H20BrN3O3. The molecule has 2 aromatic rings. The zero-order chi connectivity index (χ0) is 19.6. The average Bonchev–Trinajstić information content (AvgIpc) is 3.01. The second-order valence-electron chi connectivity index (χ2n) is 6.60. The standard InChI is InChI=1S/C20H20BrN3O3/c1-12-4-3-5-13(2)18(12)24-11-15(10-17(24)25)20(27)23-22-19(26)14-6-8-16(21)9-7-14/h3-9,15H,10-11H2,1-2H3,(H,22,26)(H,23,27)/t15-/m0/s1. The lowest BCUT2D eigenvalue weighted by atomic mass is 10.1. The van der Waals surface area contributed by atoms with Gasteiger partial charge in [-0.05, 0) is 49.2 Å². The Balaban J connectivity index is 1.62. The number of carbonyl (C=O) groups excluding carboxylic acids is 3. The maximum atomic E-state index is 12.4. The third-order valence-corrected chi connectivity index (χ3v) is 5.14. The lowest BCUT2D eigenvalue weighted by Gasteiger charge is -2.21. The summed E-state index contributed by atoms with van der Waals surface area (Å²) in [5.74, 6) is -1.39. The van der Waals surface area contributed by atoms with Crippen molar-refractivity contribution in [2.75, 3.05) is 11.4 Å². The van der Waals surface area contributed by atoms with Crippen molar-refractivity contribution in [3.8, 4) is 0 Å². The molecular weight excluding hydrogens is 410 g/mol. The van der Waals surface area contributed by atoms with Gasteiger partial charge < -0.3 is 4.90 Å². The summed E-state index contributed by atoms with van der Waals surface area (Å²) in [4.78, 5) is 38.6. The number of hydrogen-bond donors (Lipinski definition) is 2. The molecule has 3 rings (SSSR count). The minimum atomic E-state index is -0.512. The van der Waals surface area contributed by atoms with Crippen LogP contribution in [-0.4, -0.2) is 24.3 Å². The molecule has 1 fully saturated rings. The maximum absolute atomic E-state index is 12.4. The molecule has 0 aliphatic carbocycles. The van der Waals surface area contributed by atoms with Crippen LogP contribution in [0.2, 0.25) is 0 Å². The van der Waals surface area contributed by atoms with Crippen LogP contribution in [0.5, 0.6) is 0 Å². The van der Waals surface area contributed by atoms with Gasteiger partial charge in [0.25, 0.3) is 5.91 Å². The molecule has 7 heteroatoms. The molecule has 1 atom stereocenters. The Labute approximate surface area is 166 Å². The van der Waals surface area contributed by atoms with Crippen LogP contribution >= 0.6 is 15.9 Å². The average molecular weight is 430 g/mol. The minimum absolute atomic E-state index is 0.0909. The van der Waals surface area contributed by atoms with Crippen molar-refractivity contribution in [2.45, 2.75) is 20.3 Å². The number of rotatable bonds is 3. The molecule has 0 bridgehead atoms. The van der Waals surface area contributed by atoms with Gasteiger partial charge in [0.1, 0.15) is 0 Å². The molecule has 1 aliphatic heterocycles. The number of nitrogens with zero attached hydrogens (tertiary/aromatic N) is 1. The molecule has 1 saturated heterocycles. The zero-order valence-corrected chi connectivity index (χ0v) is 16.7. The first-order valence-electron chi connectivity index (χ1n) is 8.59. The highest BCUT2D eigenvalue weighted by atomic mass is 79.9. The van der Waals surface area contributed by atoms with Crippen LogP contribution in [0.15, 0.2) is 46.9 Å². The van der Waals surface area contributed by atoms with Gasteiger partial charge in [0.15, 0.2) is 0 Å². The van der Waals surface area contributed by atoms with E-state index in [9.17, 15) is 14.4 Å². The highest BCUT2D eigenvalue weighted by Gasteiger charge is 2.36. The Bertz CT molecular complexity index is 876. The maximum Gasteiger partial charge on any atom is 0.269 e. The molecule has 1 aliphatic rings. The number of anilines is 1. The van der Waals surface area contributed by atoms with E-state index >= 15 is 0 Å². The van der Waals surface area contributed by atoms with Crippen molar-refractivity contribution in [1.82, 2.24) is 10.9 Å². The van der Waals surface area contributed by atoms with E-state index in [0.717, 1.165) is 21.3 Å². The summed E-state index contributed by atoms with van der Waals surface area (Å²) < 4.78 is 0.860. The molecule has 2 aromatic carbocycles. The summed E-state index contributed by atoms with van der Waals surface area (Å²) >= 11 is 3.30. The lowest BCUT2D eigenvalue weighted by molar-refractivity contribution is -0.126. The van der Waals surface area contributed by atoms with E-state index in [0.29, 0.717) is 12.1 Å². The van der Waals surface area contributed by atoms with Gasteiger partial charge in [-0.3, -0.25) is 25.2 Å². The summed E-state index contributed by atoms with van der Waals surface area (Å²) in [7, 11) is 0. The molecule has 0 aromatic heterocycles. The van der Waals surface area contributed by atoms with Gasteiger partial charge in [-0.2, -0.15) is 0 Å². The number of amides is 3. The van der Waals surface area contributed by atoms with Gasteiger partial charge in [0, 0.05) is 28.7 Å². The topological polar surface area (TPSA) is 78.5 Å². The first-order chi connectivity index (χ1) is 12.9. The van der Waals surface area contributed by atoms with Crippen molar-refractivity contribution in [3.63, 3.8) is 0 Å². The lowest BCUT2D eigenvalue weighted by Crippen LogP contribution is -2.45. The van der Waals surface area contributed by atoms with E-state index in [1.54, 1.807) is 29.2 Å². The van der Waals surface area contributed by atoms with Crippen LogP contribution in [0, 0.1) is 19.8 Å². The Morgan fingerprint density at radius 1 is 1.04 bits per heavy atom. The molecule has 140 valence electrons. The summed E-state index contributed by atoms with van der Waals surface area (Å²) in [5, 5.41) is 0. The fraction of sp³-hybridized carbons (Fsp3) is 0.250. The summed E-state index contributed by atoms with van der Waals surface area (Å²) in [5.41, 5.74) is 8.11. The number of para-hydroxylation sites is 1. The van der Waals surface area contributed by atoms with Gasteiger partial charge in [-0.15, -0.1) is 0 Å². The third kappa shape index (κ3) is 4.19. The number of nitrogens with one attached hydrogen (secondary N) is 2. The van der Waals surface area contributed by atoms with Gasteiger partial charge in [-0.25, -0.2) is 0 Å². The predicted octanol–water partition coefficient (Wildman–Crippen LogP) is 2.88. The van der Waals surface area contributed by atoms with Crippen LogP contribution in [0.3, 0.4) is 0 Å². The van der Waals surface area contributed by atoms with Crippen LogP contribution < -0.4 is 15.8 Å². The quantitative estimate of drug-likeness (QED) is 0.736. The highest BCUT2D eigenvalue weighted by molar-refractivity contribution is 9.10. The normalized spacial score (nSPS) is 16.3. The fourth-order valence-corrected chi connectivity index (χ4v) is 3.49. The molecule has 0 radical (unpaired) electrons. The molecule has 1 heterocycles. The number of hydrogen-bond acceptors (Lipinski definition) is 3. The monoisotopic (exact) mass is 429 g/mol. The van der Waals surface area contributed by atoms with E-state index < -0.39 is 11.8 Å². The summed E-state index contributed by atoms with van der Waals surface area (Å²) in [6.45, 7) is 4.19. The largest absolute Gasteiger partial charge is 0.311 e. The number of carbonyl (C=O) groups is 3. The molecule has 0 unspecified atom stereocenters. The van der Waals surface area contributed by atoms with Crippen molar-refractivity contribution in [3.05, 3.63) is 63.6 Å². The van der Waals surface area contributed by atoms with E-state index in [1.165, 1.54) is 0 Å².